The molecule has 0 saturated heterocycles. The fraction of sp³-hybridized carbons (Fsp3) is 0.192. The average molecular weight is 481 g/mol. The number of fused-ring (bicyclic) bond motifs is 1. The van der Waals surface area contributed by atoms with E-state index in [1.54, 1.807) is 18.2 Å². The molecule has 0 atom stereocenters. The summed E-state index contributed by atoms with van der Waals surface area (Å²) in [6, 6.07) is 19.5. The van der Waals surface area contributed by atoms with Crippen LogP contribution in [0.2, 0.25) is 5.02 Å². The molecule has 0 aliphatic rings. The Labute approximate surface area is 198 Å². The second kappa shape index (κ2) is 9.14. The zero-order valence-corrected chi connectivity index (χ0v) is 20.3. The van der Waals surface area contributed by atoms with Gasteiger partial charge in [-0.05, 0) is 67.8 Å². The SMILES string of the molecule is Cc1ccc(CN(Cc2cc3c(C)ccc(C)c3[nH]c2=O)S(=O)(=O)c2ccc(Cl)cc2)cc1. The first kappa shape index (κ1) is 23.2. The summed E-state index contributed by atoms with van der Waals surface area (Å²) in [5, 5.41) is 1.36. The van der Waals surface area contributed by atoms with Crippen LogP contribution >= 0.6 is 11.6 Å². The number of H-pyrrole nitrogens is 1. The highest BCUT2D eigenvalue weighted by molar-refractivity contribution is 7.89. The van der Waals surface area contributed by atoms with E-state index in [1.165, 1.54) is 16.4 Å². The van der Waals surface area contributed by atoms with Crippen LogP contribution in [0.1, 0.15) is 27.8 Å². The molecule has 0 radical (unpaired) electrons. The monoisotopic (exact) mass is 480 g/mol. The molecular formula is C26H25ClN2O3S. The van der Waals surface area contributed by atoms with E-state index in [1.807, 2.05) is 57.2 Å². The molecule has 170 valence electrons. The second-order valence-electron chi connectivity index (χ2n) is 8.32. The smallest absolute Gasteiger partial charge is 0.252 e. The third kappa shape index (κ3) is 4.88. The van der Waals surface area contributed by atoms with Crippen molar-refractivity contribution in [3.63, 3.8) is 0 Å². The third-order valence-electron chi connectivity index (χ3n) is 5.80. The van der Waals surface area contributed by atoms with Crippen LogP contribution in [-0.2, 0) is 23.1 Å². The number of aromatic nitrogens is 1. The average Bonchev–Trinajstić information content (AvgIpc) is 2.78. The number of benzene rings is 3. The van der Waals surface area contributed by atoms with Crippen molar-refractivity contribution in [3.8, 4) is 0 Å². The van der Waals surface area contributed by atoms with Gasteiger partial charge in [0.25, 0.3) is 5.56 Å². The first-order valence-corrected chi connectivity index (χ1v) is 12.4. The van der Waals surface area contributed by atoms with E-state index in [-0.39, 0.29) is 23.5 Å². The standard InChI is InChI=1S/C26H25ClN2O3S/c1-17-4-8-20(9-5-17)15-29(33(31,32)23-12-10-22(27)11-13-23)16-21-14-24-18(2)6-7-19(3)25(24)28-26(21)30/h4-14H,15-16H2,1-3H3,(H,28,30). The summed E-state index contributed by atoms with van der Waals surface area (Å²) in [5.41, 5.74) is 4.76. The normalized spacial score (nSPS) is 11.9. The Morgan fingerprint density at radius 1 is 0.848 bits per heavy atom. The molecule has 0 spiro atoms. The molecule has 1 heterocycles. The topological polar surface area (TPSA) is 70.2 Å². The van der Waals surface area contributed by atoms with E-state index in [2.05, 4.69) is 4.98 Å². The lowest BCUT2D eigenvalue weighted by molar-refractivity contribution is 0.400. The van der Waals surface area contributed by atoms with E-state index in [0.717, 1.165) is 33.2 Å². The van der Waals surface area contributed by atoms with E-state index in [9.17, 15) is 13.2 Å². The Kier molecular flexibility index (Phi) is 6.43. The number of nitrogens with zero attached hydrogens (tertiary/aromatic N) is 1. The van der Waals surface area contributed by atoms with Crippen LogP contribution in [0, 0.1) is 20.8 Å². The maximum Gasteiger partial charge on any atom is 0.252 e. The van der Waals surface area contributed by atoms with E-state index >= 15 is 0 Å². The number of aryl methyl sites for hydroxylation is 3. The van der Waals surface area contributed by atoms with Crippen molar-refractivity contribution in [1.29, 1.82) is 0 Å². The van der Waals surface area contributed by atoms with E-state index < -0.39 is 10.0 Å². The first-order chi connectivity index (χ1) is 15.6. The number of hydrogen-bond acceptors (Lipinski definition) is 3. The summed E-state index contributed by atoms with van der Waals surface area (Å²) in [6.45, 7) is 5.96. The van der Waals surface area contributed by atoms with Crippen LogP contribution in [0.5, 0.6) is 0 Å². The summed E-state index contributed by atoms with van der Waals surface area (Å²) in [5.74, 6) is 0. The molecule has 0 unspecified atom stereocenters. The molecule has 7 heteroatoms. The molecule has 0 saturated carbocycles. The first-order valence-electron chi connectivity index (χ1n) is 10.6. The van der Waals surface area contributed by atoms with E-state index in [0.29, 0.717) is 10.6 Å². The second-order valence-corrected chi connectivity index (χ2v) is 10.7. The van der Waals surface area contributed by atoms with Crippen LogP contribution in [0.3, 0.4) is 0 Å². The third-order valence-corrected chi connectivity index (χ3v) is 7.86. The molecule has 0 aliphatic carbocycles. The lowest BCUT2D eigenvalue weighted by Crippen LogP contribution is -2.32. The maximum absolute atomic E-state index is 13.6. The van der Waals surface area contributed by atoms with Gasteiger partial charge in [-0.1, -0.05) is 53.6 Å². The van der Waals surface area contributed by atoms with Crippen molar-refractivity contribution >= 4 is 32.5 Å². The van der Waals surface area contributed by atoms with E-state index in [4.69, 9.17) is 11.6 Å². The van der Waals surface area contributed by atoms with Crippen LogP contribution in [0.15, 0.2) is 76.4 Å². The highest BCUT2D eigenvalue weighted by Crippen LogP contribution is 2.24. The Morgan fingerprint density at radius 2 is 1.48 bits per heavy atom. The fourth-order valence-corrected chi connectivity index (χ4v) is 5.34. The molecule has 4 rings (SSSR count). The molecule has 1 aromatic heterocycles. The van der Waals surface area contributed by atoms with Gasteiger partial charge in [0.15, 0.2) is 0 Å². The van der Waals surface area contributed by atoms with Crippen LogP contribution < -0.4 is 5.56 Å². The Hall–Kier alpha value is -2.93. The lowest BCUT2D eigenvalue weighted by atomic mass is 10.0. The molecule has 5 nitrogen and oxygen atoms in total. The molecule has 33 heavy (non-hydrogen) atoms. The summed E-state index contributed by atoms with van der Waals surface area (Å²) >= 11 is 5.97. The van der Waals surface area contributed by atoms with Gasteiger partial charge in [0, 0.05) is 29.1 Å². The van der Waals surface area contributed by atoms with Crippen molar-refractivity contribution < 1.29 is 8.42 Å². The van der Waals surface area contributed by atoms with Gasteiger partial charge in [-0.25, -0.2) is 8.42 Å². The number of halogens is 1. The predicted octanol–water partition coefficient (Wildman–Crippen LogP) is 5.50. The quantitative estimate of drug-likeness (QED) is 0.396. The van der Waals surface area contributed by atoms with Gasteiger partial charge in [-0.3, -0.25) is 4.79 Å². The molecular weight excluding hydrogens is 456 g/mol. The van der Waals surface area contributed by atoms with Crippen molar-refractivity contribution in [2.24, 2.45) is 0 Å². The van der Waals surface area contributed by atoms with Gasteiger partial charge in [-0.2, -0.15) is 4.31 Å². The zero-order valence-electron chi connectivity index (χ0n) is 18.7. The summed E-state index contributed by atoms with van der Waals surface area (Å²) in [4.78, 5) is 16.0. The molecule has 0 aliphatic heterocycles. The van der Waals surface area contributed by atoms with Crippen molar-refractivity contribution in [3.05, 3.63) is 110 Å². The highest BCUT2D eigenvalue weighted by atomic mass is 35.5. The molecule has 0 fully saturated rings. The minimum atomic E-state index is -3.89. The summed E-state index contributed by atoms with van der Waals surface area (Å²) < 4.78 is 28.5. The number of aromatic amines is 1. The van der Waals surface area contributed by atoms with Crippen LogP contribution in [0.25, 0.3) is 10.9 Å². The van der Waals surface area contributed by atoms with Crippen LogP contribution in [0.4, 0.5) is 0 Å². The van der Waals surface area contributed by atoms with Gasteiger partial charge in [0.1, 0.15) is 0 Å². The van der Waals surface area contributed by atoms with Crippen molar-refractivity contribution in [1.82, 2.24) is 9.29 Å². The Bertz CT molecular complexity index is 1480. The van der Waals surface area contributed by atoms with Crippen molar-refractivity contribution in [2.45, 2.75) is 38.8 Å². The molecule has 0 bridgehead atoms. The van der Waals surface area contributed by atoms with Gasteiger partial charge < -0.3 is 4.98 Å². The predicted molar refractivity (Wildman–Crippen MR) is 133 cm³/mol. The van der Waals surface area contributed by atoms with Crippen LogP contribution in [-0.4, -0.2) is 17.7 Å². The van der Waals surface area contributed by atoms with Crippen molar-refractivity contribution in [2.75, 3.05) is 0 Å². The molecule has 4 aromatic rings. The van der Waals surface area contributed by atoms with Gasteiger partial charge >= 0.3 is 0 Å². The number of sulfonamides is 1. The minimum absolute atomic E-state index is 0.0580. The lowest BCUT2D eigenvalue weighted by Gasteiger charge is -2.23. The molecule has 1 N–H and O–H groups in total. The number of rotatable bonds is 6. The van der Waals surface area contributed by atoms with Gasteiger partial charge in [0.05, 0.1) is 10.4 Å². The Morgan fingerprint density at radius 3 is 2.15 bits per heavy atom. The number of hydrogen-bond donors (Lipinski definition) is 1. The molecule has 0 amide bonds. The fourth-order valence-electron chi connectivity index (χ4n) is 3.80. The van der Waals surface area contributed by atoms with Gasteiger partial charge in [-0.15, -0.1) is 0 Å². The number of nitrogens with one attached hydrogen (secondary N) is 1. The minimum Gasteiger partial charge on any atom is -0.321 e. The maximum atomic E-state index is 13.6. The number of pyridine rings is 1. The molecule has 3 aromatic carbocycles. The Balaban J connectivity index is 1.80. The summed E-state index contributed by atoms with van der Waals surface area (Å²) in [7, 11) is -3.89. The highest BCUT2D eigenvalue weighted by Gasteiger charge is 2.26. The largest absolute Gasteiger partial charge is 0.321 e. The zero-order chi connectivity index (χ0) is 23.8. The van der Waals surface area contributed by atoms with Gasteiger partial charge in [0.2, 0.25) is 10.0 Å². The summed E-state index contributed by atoms with van der Waals surface area (Å²) in [6.07, 6.45) is 0.